The molecule has 0 amide bonds. The van der Waals surface area contributed by atoms with Gasteiger partial charge in [-0.15, -0.1) is 0 Å². The minimum Gasteiger partial charge on any atom is -0.264 e. The molecule has 0 radical (unpaired) electrons. The number of nitrogens with zero attached hydrogens (tertiary/aromatic N) is 4. The summed E-state index contributed by atoms with van der Waals surface area (Å²) >= 11 is 12.0. The van der Waals surface area contributed by atoms with E-state index in [-0.39, 0.29) is 23.8 Å². The van der Waals surface area contributed by atoms with Gasteiger partial charge in [0.1, 0.15) is 0 Å². The van der Waals surface area contributed by atoms with Crippen LogP contribution in [0.3, 0.4) is 0 Å². The summed E-state index contributed by atoms with van der Waals surface area (Å²) in [6.45, 7) is 0.169. The predicted molar refractivity (Wildman–Crippen MR) is 81.3 cm³/mol. The average molecular weight is 327 g/mol. The quantitative estimate of drug-likeness (QED) is 0.199. The molecular formula is C13H12Cl2N4O2. The van der Waals surface area contributed by atoms with Crippen molar-refractivity contribution in [2.45, 2.75) is 24.8 Å². The van der Waals surface area contributed by atoms with Crippen LogP contribution < -0.4 is 0 Å². The lowest BCUT2D eigenvalue weighted by atomic mass is 9.80. The van der Waals surface area contributed by atoms with E-state index in [4.69, 9.17) is 28.7 Å². The molecular weight excluding hydrogens is 315 g/mol. The molecule has 0 saturated carbocycles. The molecule has 1 aliphatic carbocycles. The second-order valence-corrected chi connectivity index (χ2v) is 5.66. The fourth-order valence-electron chi connectivity index (χ4n) is 2.55. The van der Waals surface area contributed by atoms with Crippen LogP contribution in [0.2, 0.25) is 10.0 Å². The molecule has 21 heavy (non-hydrogen) atoms. The Morgan fingerprint density at radius 1 is 1.48 bits per heavy atom. The maximum atomic E-state index is 11.3. The molecule has 2 unspecified atom stereocenters. The predicted octanol–water partition coefficient (Wildman–Crippen LogP) is 4.75. The van der Waals surface area contributed by atoms with Crippen molar-refractivity contribution < 1.29 is 4.92 Å². The van der Waals surface area contributed by atoms with E-state index in [1.807, 2.05) is 6.08 Å². The molecule has 2 rings (SSSR count). The molecule has 0 aromatic heterocycles. The highest BCUT2D eigenvalue weighted by Crippen LogP contribution is 2.38. The molecule has 0 fully saturated rings. The van der Waals surface area contributed by atoms with E-state index in [1.165, 1.54) is 0 Å². The van der Waals surface area contributed by atoms with Gasteiger partial charge in [-0.2, -0.15) is 0 Å². The second-order valence-electron chi connectivity index (χ2n) is 4.82. The first-order chi connectivity index (χ1) is 10.0. The van der Waals surface area contributed by atoms with Gasteiger partial charge in [-0.3, -0.25) is 10.1 Å². The standard InChI is InChI=1S/C13H12Cl2N4O2/c14-9-2-4-10(12(15)6-9)11-3-1-8(7-17-18-16)5-13(11)19(20)21/h1-2,4,6,11,13H,3,5,7H2. The minimum absolute atomic E-state index is 0.169. The van der Waals surface area contributed by atoms with Crippen molar-refractivity contribution >= 4 is 23.2 Å². The number of halogens is 2. The fraction of sp³-hybridized carbons (Fsp3) is 0.385. The summed E-state index contributed by atoms with van der Waals surface area (Å²) in [6, 6.07) is 4.23. The van der Waals surface area contributed by atoms with E-state index >= 15 is 0 Å². The van der Waals surface area contributed by atoms with Crippen molar-refractivity contribution in [2.24, 2.45) is 5.11 Å². The largest absolute Gasteiger partial charge is 0.264 e. The SMILES string of the molecule is [N-]=[N+]=NCC1=CCC(c2ccc(Cl)cc2Cl)C([N+](=O)[O-])C1. The molecule has 0 aliphatic heterocycles. The van der Waals surface area contributed by atoms with Crippen LogP contribution in [0, 0.1) is 10.1 Å². The number of hydrogen-bond acceptors (Lipinski definition) is 3. The normalized spacial score (nSPS) is 21.3. The van der Waals surface area contributed by atoms with Crippen LogP contribution in [0.15, 0.2) is 35.0 Å². The molecule has 1 aliphatic rings. The number of benzene rings is 1. The van der Waals surface area contributed by atoms with Crippen LogP contribution in [0.5, 0.6) is 0 Å². The van der Waals surface area contributed by atoms with Gasteiger partial charge in [0.2, 0.25) is 6.04 Å². The zero-order chi connectivity index (χ0) is 15.4. The van der Waals surface area contributed by atoms with Gasteiger partial charge in [-0.05, 0) is 29.6 Å². The third-order valence-corrected chi connectivity index (χ3v) is 4.13. The van der Waals surface area contributed by atoms with Crippen molar-refractivity contribution in [3.63, 3.8) is 0 Å². The van der Waals surface area contributed by atoms with Gasteiger partial charge in [0, 0.05) is 32.8 Å². The van der Waals surface area contributed by atoms with E-state index in [0.29, 0.717) is 16.5 Å². The maximum Gasteiger partial charge on any atom is 0.223 e. The molecule has 110 valence electrons. The van der Waals surface area contributed by atoms with E-state index in [2.05, 4.69) is 10.0 Å². The number of hydrogen-bond donors (Lipinski definition) is 0. The minimum atomic E-state index is -0.780. The summed E-state index contributed by atoms with van der Waals surface area (Å²) in [7, 11) is 0. The van der Waals surface area contributed by atoms with Crippen LogP contribution in [0.25, 0.3) is 10.4 Å². The molecule has 0 heterocycles. The summed E-state index contributed by atoms with van der Waals surface area (Å²) in [5.74, 6) is -0.306. The van der Waals surface area contributed by atoms with E-state index in [0.717, 1.165) is 11.1 Å². The van der Waals surface area contributed by atoms with Crippen LogP contribution >= 0.6 is 23.2 Å². The average Bonchev–Trinajstić information content (AvgIpc) is 2.45. The fourth-order valence-corrected chi connectivity index (χ4v) is 3.10. The molecule has 0 saturated heterocycles. The highest BCUT2D eigenvalue weighted by Gasteiger charge is 2.36. The van der Waals surface area contributed by atoms with Crippen molar-refractivity contribution in [3.8, 4) is 0 Å². The highest BCUT2D eigenvalue weighted by molar-refractivity contribution is 6.35. The van der Waals surface area contributed by atoms with Crippen molar-refractivity contribution in [2.75, 3.05) is 6.54 Å². The van der Waals surface area contributed by atoms with Gasteiger partial charge in [0.05, 0.1) is 5.92 Å². The monoisotopic (exact) mass is 326 g/mol. The van der Waals surface area contributed by atoms with Gasteiger partial charge in [-0.1, -0.05) is 46.0 Å². The van der Waals surface area contributed by atoms with E-state index < -0.39 is 6.04 Å². The van der Waals surface area contributed by atoms with Crippen molar-refractivity contribution in [3.05, 3.63) is 66.0 Å². The Hall–Kier alpha value is -1.75. The number of rotatable bonds is 4. The molecule has 0 N–H and O–H groups in total. The molecule has 0 bridgehead atoms. The topological polar surface area (TPSA) is 91.9 Å². The Balaban J connectivity index is 2.31. The Bertz CT molecular complexity index is 641. The molecule has 2 atom stereocenters. The number of nitro groups is 1. The van der Waals surface area contributed by atoms with Crippen LogP contribution in [-0.2, 0) is 0 Å². The van der Waals surface area contributed by atoms with Gasteiger partial charge in [0.25, 0.3) is 0 Å². The summed E-state index contributed by atoms with van der Waals surface area (Å²) in [5, 5.41) is 15.7. The van der Waals surface area contributed by atoms with Gasteiger partial charge >= 0.3 is 0 Å². The Morgan fingerprint density at radius 2 is 2.24 bits per heavy atom. The zero-order valence-electron chi connectivity index (χ0n) is 10.9. The van der Waals surface area contributed by atoms with Crippen LogP contribution in [0.1, 0.15) is 24.3 Å². The third-order valence-electron chi connectivity index (χ3n) is 3.57. The zero-order valence-corrected chi connectivity index (χ0v) is 12.5. The third kappa shape index (κ3) is 3.67. The van der Waals surface area contributed by atoms with Crippen LogP contribution in [0.4, 0.5) is 0 Å². The molecule has 1 aromatic rings. The first-order valence-electron chi connectivity index (χ1n) is 6.30. The first-order valence-corrected chi connectivity index (χ1v) is 7.05. The second kappa shape index (κ2) is 6.80. The summed E-state index contributed by atoms with van der Waals surface area (Å²) in [4.78, 5) is 13.7. The van der Waals surface area contributed by atoms with E-state index in [9.17, 15) is 10.1 Å². The molecule has 8 heteroatoms. The van der Waals surface area contributed by atoms with E-state index in [1.54, 1.807) is 18.2 Å². The van der Waals surface area contributed by atoms with Gasteiger partial charge in [-0.25, -0.2) is 0 Å². The molecule has 6 nitrogen and oxygen atoms in total. The van der Waals surface area contributed by atoms with Gasteiger partial charge < -0.3 is 0 Å². The Kier molecular flexibility index (Phi) is 5.07. The Labute approximate surface area is 131 Å². The lowest BCUT2D eigenvalue weighted by molar-refractivity contribution is -0.527. The summed E-state index contributed by atoms with van der Waals surface area (Å²) in [5.41, 5.74) is 9.84. The maximum absolute atomic E-state index is 11.3. The van der Waals surface area contributed by atoms with Crippen molar-refractivity contribution in [1.82, 2.24) is 0 Å². The smallest absolute Gasteiger partial charge is 0.223 e. The highest BCUT2D eigenvalue weighted by atomic mass is 35.5. The summed E-state index contributed by atoms with van der Waals surface area (Å²) in [6.07, 6.45) is 2.64. The molecule has 0 spiro atoms. The lowest BCUT2D eigenvalue weighted by Crippen LogP contribution is -2.31. The molecule has 1 aromatic carbocycles. The Morgan fingerprint density at radius 3 is 2.86 bits per heavy atom. The van der Waals surface area contributed by atoms with Crippen LogP contribution in [-0.4, -0.2) is 17.5 Å². The number of allylic oxidation sites excluding steroid dienone is 1. The van der Waals surface area contributed by atoms with Gasteiger partial charge in [0.15, 0.2) is 0 Å². The first kappa shape index (κ1) is 15.6. The van der Waals surface area contributed by atoms with Crippen molar-refractivity contribution in [1.29, 1.82) is 0 Å². The number of azide groups is 1. The summed E-state index contributed by atoms with van der Waals surface area (Å²) < 4.78 is 0. The lowest BCUT2D eigenvalue weighted by Gasteiger charge is -2.26.